The fourth-order valence-corrected chi connectivity index (χ4v) is 10.9. The van der Waals surface area contributed by atoms with Crippen LogP contribution in [-0.2, 0) is 5.41 Å². The zero-order valence-electron chi connectivity index (χ0n) is 33.3. The maximum Gasteiger partial charge on any atom is 0.160 e. The predicted molar refractivity (Wildman–Crippen MR) is 255 cm³/mol. The van der Waals surface area contributed by atoms with E-state index in [-0.39, 0.29) is 5.41 Å². The second-order valence-corrected chi connectivity index (χ2v) is 17.6. The third kappa shape index (κ3) is 5.40. The van der Waals surface area contributed by atoms with Gasteiger partial charge in [-0.1, -0.05) is 184 Å². The molecule has 1 aliphatic carbocycles. The molecule has 0 amide bonds. The number of rotatable bonds is 5. The highest BCUT2D eigenvalue weighted by atomic mass is 32.1. The van der Waals surface area contributed by atoms with Gasteiger partial charge in [-0.2, -0.15) is 0 Å². The number of fused-ring (bicyclic) bond motifs is 9. The van der Waals surface area contributed by atoms with Crippen molar-refractivity contribution in [2.75, 3.05) is 0 Å². The van der Waals surface area contributed by atoms with Crippen molar-refractivity contribution in [3.63, 3.8) is 0 Å². The molecule has 0 unspecified atom stereocenters. The van der Waals surface area contributed by atoms with Crippen LogP contribution in [0.3, 0.4) is 0 Å². The smallest absolute Gasteiger partial charge is 0.160 e. The summed E-state index contributed by atoms with van der Waals surface area (Å²) in [4.78, 5) is 10.5. The first-order chi connectivity index (χ1) is 29.5. The third-order valence-corrected chi connectivity index (χ3v) is 13.9. The second kappa shape index (κ2) is 13.4. The van der Waals surface area contributed by atoms with E-state index in [9.17, 15) is 0 Å². The van der Waals surface area contributed by atoms with Crippen LogP contribution in [0, 0.1) is 0 Å². The molecule has 60 heavy (non-hydrogen) atoms. The summed E-state index contributed by atoms with van der Waals surface area (Å²) in [5.41, 5.74) is 15.3. The molecule has 2 aromatic heterocycles. The Kier molecular flexibility index (Phi) is 7.79. The van der Waals surface area contributed by atoms with Crippen molar-refractivity contribution in [3.8, 4) is 67.3 Å². The van der Waals surface area contributed by atoms with E-state index in [0.29, 0.717) is 0 Å². The van der Waals surface area contributed by atoms with Crippen molar-refractivity contribution >= 4 is 53.1 Å². The van der Waals surface area contributed by atoms with Crippen LogP contribution in [0.1, 0.15) is 25.0 Å². The zero-order chi connectivity index (χ0) is 40.0. The van der Waals surface area contributed by atoms with Crippen LogP contribution < -0.4 is 0 Å². The molecule has 3 heteroatoms. The lowest BCUT2D eigenvalue weighted by Gasteiger charge is -2.21. The molecule has 0 atom stereocenters. The van der Waals surface area contributed by atoms with Crippen molar-refractivity contribution < 1.29 is 0 Å². The minimum atomic E-state index is -0.0479. The maximum absolute atomic E-state index is 5.28. The first kappa shape index (κ1) is 34.8. The third-order valence-electron chi connectivity index (χ3n) is 12.7. The van der Waals surface area contributed by atoms with Gasteiger partial charge in [0.2, 0.25) is 0 Å². The Balaban J connectivity index is 0.961. The summed E-state index contributed by atoms with van der Waals surface area (Å²) in [6.45, 7) is 4.71. The quantitative estimate of drug-likeness (QED) is 0.174. The molecular weight excluding hydrogens is 745 g/mol. The lowest BCUT2D eigenvalue weighted by atomic mass is 9.82. The van der Waals surface area contributed by atoms with Gasteiger partial charge in [-0.25, -0.2) is 9.97 Å². The molecule has 0 bridgehead atoms. The van der Waals surface area contributed by atoms with Gasteiger partial charge in [0.15, 0.2) is 5.82 Å². The first-order valence-corrected chi connectivity index (χ1v) is 21.5. The molecule has 0 saturated carbocycles. The van der Waals surface area contributed by atoms with E-state index in [2.05, 4.69) is 202 Å². The maximum atomic E-state index is 5.28. The molecular formula is C57H38N2S. The van der Waals surface area contributed by atoms with Gasteiger partial charge >= 0.3 is 0 Å². The summed E-state index contributed by atoms with van der Waals surface area (Å²) >= 11 is 1.83. The van der Waals surface area contributed by atoms with Gasteiger partial charge in [-0.05, 0) is 90.3 Å². The fourth-order valence-electron chi connectivity index (χ4n) is 9.75. The highest BCUT2D eigenvalue weighted by Gasteiger charge is 2.36. The van der Waals surface area contributed by atoms with Crippen LogP contribution in [0.15, 0.2) is 194 Å². The highest BCUT2D eigenvalue weighted by Crippen LogP contribution is 2.52. The summed E-state index contributed by atoms with van der Waals surface area (Å²) in [6, 6.07) is 70.6. The van der Waals surface area contributed by atoms with E-state index in [0.717, 1.165) is 39.3 Å². The number of nitrogens with zero attached hydrogens (tertiary/aromatic N) is 2. The van der Waals surface area contributed by atoms with Crippen molar-refractivity contribution in [1.82, 2.24) is 9.97 Å². The van der Waals surface area contributed by atoms with Gasteiger partial charge in [0.05, 0.1) is 11.4 Å². The Morgan fingerprint density at radius 3 is 1.82 bits per heavy atom. The SMILES string of the molecule is CC1(C)c2ccc(-c3ccc(-c4ccc(-c5cc(-c6cccc7sc8ccccc8c67)nc(-c6ccccc6)n5)c5ccccc45)cc3)cc2-c2c1ccc1ccccc21. The largest absolute Gasteiger partial charge is 0.228 e. The van der Waals surface area contributed by atoms with E-state index in [4.69, 9.17) is 9.97 Å². The van der Waals surface area contributed by atoms with E-state index in [1.165, 1.54) is 80.8 Å². The standard InChI is InChI=1S/C57H38N2S/c1-57(2)48-31-28-39(33-47(48)54-41-16-7-6-13-36(41)27-32-49(54)57)35-23-25-37(26-24-35)40-29-30-44(43-18-9-8-17-42(40)43)50-34-51(59-56(58-50)38-14-4-3-5-15-38)45-20-12-22-53-55(45)46-19-10-11-21-52(46)60-53/h3-34H,1-2H3. The Morgan fingerprint density at radius 2 is 1.00 bits per heavy atom. The second-order valence-electron chi connectivity index (χ2n) is 16.5. The van der Waals surface area contributed by atoms with Crippen molar-refractivity contribution in [2.24, 2.45) is 0 Å². The number of hydrogen-bond donors (Lipinski definition) is 0. The summed E-state index contributed by atoms with van der Waals surface area (Å²) in [7, 11) is 0. The topological polar surface area (TPSA) is 25.8 Å². The lowest BCUT2D eigenvalue weighted by Crippen LogP contribution is -2.14. The van der Waals surface area contributed by atoms with Crippen LogP contribution in [0.4, 0.5) is 0 Å². The molecule has 0 aliphatic heterocycles. The number of benzene rings is 9. The van der Waals surface area contributed by atoms with Gasteiger partial charge in [-0.3, -0.25) is 0 Å². The molecule has 12 rings (SSSR count). The molecule has 2 nitrogen and oxygen atoms in total. The molecule has 9 aromatic carbocycles. The lowest BCUT2D eigenvalue weighted by molar-refractivity contribution is 0.661. The fraction of sp³-hybridized carbons (Fsp3) is 0.0526. The van der Waals surface area contributed by atoms with Gasteiger partial charge < -0.3 is 0 Å². The Labute approximate surface area is 353 Å². The number of thiophene rings is 1. The van der Waals surface area contributed by atoms with Crippen LogP contribution in [-0.4, -0.2) is 9.97 Å². The van der Waals surface area contributed by atoms with Crippen molar-refractivity contribution in [3.05, 3.63) is 205 Å². The van der Waals surface area contributed by atoms with E-state index in [1.807, 2.05) is 17.4 Å². The number of hydrogen-bond acceptors (Lipinski definition) is 3. The van der Waals surface area contributed by atoms with Gasteiger partial charge in [0, 0.05) is 42.3 Å². The average molecular weight is 783 g/mol. The minimum absolute atomic E-state index is 0.0479. The molecule has 0 spiro atoms. The molecule has 11 aromatic rings. The molecule has 282 valence electrons. The molecule has 1 aliphatic rings. The molecule has 2 heterocycles. The van der Waals surface area contributed by atoms with Crippen LogP contribution in [0.25, 0.3) is 109 Å². The average Bonchev–Trinajstić information content (AvgIpc) is 3.80. The minimum Gasteiger partial charge on any atom is -0.228 e. The van der Waals surface area contributed by atoms with E-state index in [1.54, 1.807) is 0 Å². The Hall–Kier alpha value is -7.20. The molecule has 0 N–H and O–H groups in total. The van der Waals surface area contributed by atoms with Crippen LogP contribution >= 0.6 is 11.3 Å². The number of aromatic nitrogens is 2. The van der Waals surface area contributed by atoms with Crippen molar-refractivity contribution in [1.29, 1.82) is 0 Å². The monoisotopic (exact) mass is 782 g/mol. The Morgan fingerprint density at radius 1 is 0.383 bits per heavy atom. The summed E-state index contributed by atoms with van der Waals surface area (Å²) in [5.74, 6) is 0.718. The Bertz CT molecular complexity index is 3500. The van der Waals surface area contributed by atoms with E-state index >= 15 is 0 Å². The van der Waals surface area contributed by atoms with Crippen LogP contribution in [0.5, 0.6) is 0 Å². The summed E-state index contributed by atoms with van der Waals surface area (Å²) in [6.07, 6.45) is 0. The highest BCUT2D eigenvalue weighted by molar-refractivity contribution is 7.25. The molecule has 0 radical (unpaired) electrons. The summed E-state index contributed by atoms with van der Waals surface area (Å²) < 4.78 is 2.54. The van der Waals surface area contributed by atoms with Crippen LogP contribution in [0.2, 0.25) is 0 Å². The normalized spacial score (nSPS) is 13.0. The van der Waals surface area contributed by atoms with Gasteiger partial charge in [0.25, 0.3) is 0 Å². The van der Waals surface area contributed by atoms with Crippen molar-refractivity contribution in [2.45, 2.75) is 19.3 Å². The molecule has 0 fully saturated rings. The predicted octanol–water partition coefficient (Wildman–Crippen LogP) is 15.8. The zero-order valence-corrected chi connectivity index (χ0v) is 34.1. The van der Waals surface area contributed by atoms with E-state index < -0.39 is 0 Å². The van der Waals surface area contributed by atoms with Gasteiger partial charge in [0.1, 0.15) is 0 Å². The first-order valence-electron chi connectivity index (χ1n) is 20.6. The van der Waals surface area contributed by atoms with Gasteiger partial charge in [-0.15, -0.1) is 11.3 Å². The summed E-state index contributed by atoms with van der Waals surface area (Å²) in [5, 5.41) is 7.47. The molecule has 0 saturated heterocycles.